The molecule has 0 aliphatic heterocycles. The van der Waals surface area contributed by atoms with E-state index in [1.165, 1.54) is 0 Å². The van der Waals surface area contributed by atoms with E-state index < -0.39 is 5.60 Å². The van der Waals surface area contributed by atoms with Crippen LogP contribution in [0.25, 0.3) is 11.1 Å². The molecule has 0 radical (unpaired) electrons. The highest BCUT2D eigenvalue weighted by atomic mass is 16.6. The maximum Gasteiger partial charge on any atom is 0.407 e. The fourth-order valence-electron chi connectivity index (χ4n) is 3.80. The van der Waals surface area contributed by atoms with Crippen LogP contribution in [0, 0.1) is 0 Å². The number of aromatic nitrogens is 1. The van der Waals surface area contributed by atoms with Crippen molar-refractivity contribution in [3.63, 3.8) is 0 Å². The first-order valence-electron chi connectivity index (χ1n) is 10.6. The minimum Gasteiger partial charge on any atom is -0.496 e. The molecule has 0 saturated heterocycles. The molecule has 0 spiro atoms. The third-order valence-corrected chi connectivity index (χ3v) is 5.30. The molecular weight excluding hydrogens is 378 g/mol. The molecule has 1 aliphatic carbocycles. The number of nitrogens with one attached hydrogen (secondary N) is 2. The molecule has 1 aliphatic rings. The van der Waals surface area contributed by atoms with Crippen LogP contribution >= 0.6 is 0 Å². The van der Waals surface area contributed by atoms with Crippen molar-refractivity contribution in [2.24, 2.45) is 0 Å². The number of methoxy groups -OCH3 is 1. The number of pyridine rings is 1. The zero-order valence-corrected chi connectivity index (χ0v) is 18.4. The molecule has 2 N–H and O–H groups in total. The van der Waals surface area contributed by atoms with E-state index >= 15 is 0 Å². The molecule has 1 fully saturated rings. The van der Waals surface area contributed by atoms with Crippen molar-refractivity contribution < 1.29 is 14.3 Å². The lowest BCUT2D eigenvalue weighted by Gasteiger charge is -2.30. The predicted octanol–water partition coefficient (Wildman–Crippen LogP) is 4.68. The zero-order chi connectivity index (χ0) is 21.6. The summed E-state index contributed by atoms with van der Waals surface area (Å²) < 4.78 is 10.9. The number of hydrogen-bond donors (Lipinski definition) is 2. The van der Waals surface area contributed by atoms with Crippen molar-refractivity contribution in [2.75, 3.05) is 7.11 Å². The third kappa shape index (κ3) is 6.46. The first-order valence-corrected chi connectivity index (χ1v) is 10.6. The number of amides is 1. The summed E-state index contributed by atoms with van der Waals surface area (Å²) in [6, 6.07) is 10.9. The predicted molar refractivity (Wildman–Crippen MR) is 118 cm³/mol. The second-order valence-electron chi connectivity index (χ2n) is 8.84. The Morgan fingerprint density at radius 2 is 1.83 bits per heavy atom. The second-order valence-corrected chi connectivity index (χ2v) is 8.84. The number of ether oxygens (including phenoxy) is 2. The van der Waals surface area contributed by atoms with Crippen LogP contribution in [-0.2, 0) is 11.3 Å². The molecule has 2 aromatic rings. The molecule has 6 nitrogen and oxygen atoms in total. The van der Waals surface area contributed by atoms with Gasteiger partial charge in [0.15, 0.2) is 0 Å². The van der Waals surface area contributed by atoms with Crippen LogP contribution in [0.5, 0.6) is 5.75 Å². The molecule has 0 unspecified atom stereocenters. The van der Waals surface area contributed by atoms with Gasteiger partial charge in [0.1, 0.15) is 11.4 Å². The summed E-state index contributed by atoms with van der Waals surface area (Å²) in [5, 5.41) is 6.66. The minimum absolute atomic E-state index is 0.182. The normalized spacial score (nSPS) is 19.2. The van der Waals surface area contributed by atoms with Gasteiger partial charge in [-0.3, -0.25) is 4.98 Å². The SMILES string of the molecule is COc1ccc(-c2cccnc2)cc1CN[C@H]1CC[C@H](NC(=O)OC(C)(C)C)CC1. The van der Waals surface area contributed by atoms with Crippen LogP contribution in [0.4, 0.5) is 4.79 Å². The maximum absolute atomic E-state index is 12.0. The van der Waals surface area contributed by atoms with Gasteiger partial charge in [-0.25, -0.2) is 4.79 Å². The van der Waals surface area contributed by atoms with Gasteiger partial charge in [-0.15, -0.1) is 0 Å². The van der Waals surface area contributed by atoms with Gasteiger partial charge in [-0.05, 0) is 70.2 Å². The maximum atomic E-state index is 12.0. The number of benzene rings is 1. The van der Waals surface area contributed by atoms with Crippen molar-refractivity contribution in [3.8, 4) is 16.9 Å². The summed E-state index contributed by atoms with van der Waals surface area (Å²) in [4.78, 5) is 16.2. The van der Waals surface area contributed by atoms with E-state index in [-0.39, 0.29) is 12.1 Å². The van der Waals surface area contributed by atoms with Crippen molar-refractivity contribution in [1.82, 2.24) is 15.6 Å². The fraction of sp³-hybridized carbons (Fsp3) is 0.500. The smallest absolute Gasteiger partial charge is 0.407 e. The molecule has 30 heavy (non-hydrogen) atoms. The largest absolute Gasteiger partial charge is 0.496 e. The van der Waals surface area contributed by atoms with Crippen molar-refractivity contribution >= 4 is 6.09 Å². The fourth-order valence-corrected chi connectivity index (χ4v) is 3.80. The van der Waals surface area contributed by atoms with Gasteiger partial charge in [0.25, 0.3) is 0 Å². The second kappa shape index (κ2) is 9.94. The first kappa shape index (κ1) is 22.1. The Hall–Kier alpha value is -2.60. The van der Waals surface area contributed by atoms with E-state index in [0.717, 1.165) is 54.7 Å². The molecule has 6 heteroatoms. The number of nitrogens with zero attached hydrogens (tertiary/aromatic N) is 1. The summed E-state index contributed by atoms with van der Waals surface area (Å²) in [6.07, 6.45) is 7.27. The Kier molecular flexibility index (Phi) is 7.32. The topological polar surface area (TPSA) is 72.5 Å². The molecule has 3 rings (SSSR count). The lowest BCUT2D eigenvalue weighted by atomic mass is 9.91. The van der Waals surface area contributed by atoms with E-state index in [9.17, 15) is 4.79 Å². The van der Waals surface area contributed by atoms with Crippen molar-refractivity contribution in [1.29, 1.82) is 0 Å². The van der Waals surface area contributed by atoms with Crippen molar-refractivity contribution in [2.45, 2.75) is 70.7 Å². The highest BCUT2D eigenvalue weighted by Crippen LogP contribution is 2.27. The van der Waals surface area contributed by atoms with Gasteiger partial charge >= 0.3 is 6.09 Å². The van der Waals surface area contributed by atoms with Crippen LogP contribution in [0.3, 0.4) is 0 Å². The lowest BCUT2D eigenvalue weighted by molar-refractivity contribution is 0.0489. The van der Waals surface area contributed by atoms with E-state index in [0.29, 0.717) is 6.04 Å². The van der Waals surface area contributed by atoms with Gasteiger partial charge in [0.2, 0.25) is 0 Å². The van der Waals surface area contributed by atoms with Gasteiger partial charge in [0.05, 0.1) is 7.11 Å². The summed E-state index contributed by atoms with van der Waals surface area (Å²) in [5.41, 5.74) is 2.89. The van der Waals surface area contributed by atoms with Gasteiger partial charge in [-0.2, -0.15) is 0 Å². The molecule has 1 amide bonds. The Labute approximate surface area is 179 Å². The monoisotopic (exact) mass is 411 g/mol. The molecule has 1 heterocycles. The average molecular weight is 412 g/mol. The molecule has 0 atom stereocenters. The number of hydrogen-bond acceptors (Lipinski definition) is 5. The number of carbonyl (C=O) groups excluding carboxylic acids is 1. The van der Waals surface area contributed by atoms with E-state index in [1.54, 1.807) is 13.3 Å². The van der Waals surface area contributed by atoms with Crippen LogP contribution in [-0.4, -0.2) is 35.9 Å². The average Bonchev–Trinajstić information content (AvgIpc) is 2.72. The van der Waals surface area contributed by atoms with Crippen LogP contribution in [0.2, 0.25) is 0 Å². The Balaban J connectivity index is 1.52. The first-order chi connectivity index (χ1) is 14.3. The highest BCUT2D eigenvalue weighted by Gasteiger charge is 2.24. The molecule has 1 aromatic carbocycles. The van der Waals surface area contributed by atoms with Crippen molar-refractivity contribution in [3.05, 3.63) is 48.3 Å². The number of carbonyl (C=O) groups is 1. The summed E-state index contributed by atoms with van der Waals surface area (Å²) >= 11 is 0. The van der Waals surface area contributed by atoms with E-state index in [2.05, 4.69) is 33.8 Å². The summed E-state index contributed by atoms with van der Waals surface area (Å²) in [5.74, 6) is 0.885. The third-order valence-electron chi connectivity index (χ3n) is 5.30. The lowest BCUT2D eigenvalue weighted by Crippen LogP contribution is -2.43. The Morgan fingerprint density at radius 3 is 2.47 bits per heavy atom. The molecule has 162 valence electrons. The minimum atomic E-state index is -0.466. The molecule has 0 bridgehead atoms. The van der Waals surface area contributed by atoms with E-state index in [4.69, 9.17) is 9.47 Å². The highest BCUT2D eigenvalue weighted by molar-refractivity contribution is 5.68. The molecule has 1 saturated carbocycles. The van der Waals surface area contributed by atoms with E-state index in [1.807, 2.05) is 39.1 Å². The van der Waals surface area contributed by atoms with Gasteiger partial charge in [0, 0.05) is 42.1 Å². The summed E-state index contributed by atoms with van der Waals surface area (Å²) in [6.45, 7) is 6.38. The molecule has 1 aromatic heterocycles. The van der Waals surface area contributed by atoms with Crippen LogP contribution < -0.4 is 15.4 Å². The van der Waals surface area contributed by atoms with Gasteiger partial charge in [-0.1, -0.05) is 12.1 Å². The number of alkyl carbamates (subject to hydrolysis) is 1. The number of rotatable bonds is 6. The van der Waals surface area contributed by atoms with Crippen LogP contribution in [0.15, 0.2) is 42.7 Å². The standard InChI is InChI=1S/C24H33N3O3/c1-24(2,3)30-23(28)27-21-10-8-20(9-11-21)26-16-19-14-17(7-12-22(19)29-4)18-6-5-13-25-15-18/h5-7,12-15,20-21,26H,8-11,16H2,1-4H3,(H,27,28)/t20-,21-. The summed E-state index contributed by atoms with van der Waals surface area (Å²) in [7, 11) is 1.70. The Bertz CT molecular complexity index is 825. The zero-order valence-electron chi connectivity index (χ0n) is 18.4. The van der Waals surface area contributed by atoms with Crippen LogP contribution in [0.1, 0.15) is 52.0 Å². The molecular formula is C24H33N3O3. The Morgan fingerprint density at radius 1 is 1.10 bits per heavy atom. The quantitative estimate of drug-likeness (QED) is 0.722. The van der Waals surface area contributed by atoms with Gasteiger partial charge < -0.3 is 20.1 Å².